The van der Waals surface area contributed by atoms with Crippen LogP contribution in [-0.4, -0.2) is 80.3 Å². The minimum atomic E-state index is -1.00. The maximum absolute atomic E-state index is 14.2. The van der Waals surface area contributed by atoms with Crippen LogP contribution in [0.3, 0.4) is 0 Å². The summed E-state index contributed by atoms with van der Waals surface area (Å²) in [4.78, 5) is 31.2. The number of carbonyl (C=O) groups is 2. The van der Waals surface area contributed by atoms with Crippen LogP contribution in [0.4, 0.5) is 4.39 Å². The molecule has 7 nitrogen and oxygen atoms in total. The first-order chi connectivity index (χ1) is 16.1. The Labute approximate surface area is 193 Å². The smallest absolute Gasteiger partial charge is 0.290 e. The van der Waals surface area contributed by atoms with E-state index >= 15 is 0 Å². The number of rotatable bonds is 6. The molecular weight excluding hydrogens is 427 g/mol. The van der Waals surface area contributed by atoms with Crippen molar-refractivity contribution in [3.8, 4) is 5.75 Å². The molecule has 3 heterocycles. The molecule has 1 saturated carbocycles. The second kappa shape index (κ2) is 9.43. The number of morpholine rings is 1. The maximum atomic E-state index is 14.2. The Morgan fingerprint density at radius 1 is 1.15 bits per heavy atom. The molecule has 3 aliphatic heterocycles. The van der Waals surface area contributed by atoms with E-state index < -0.39 is 24.2 Å². The van der Waals surface area contributed by atoms with Crippen LogP contribution >= 0.6 is 0 Å². The van der Waals surface area contributed by atoms with Crippen molar-refractivity contribution in [2.24, 2.45) is 5.92 Å². The van der Waals surface area contributed by atoms with Gasteiger partial charge in [0.25, 0.3) is 5.91 Å². The molecule has 0 radical (unpaired) electrons. The molecule has 2 fully saturated rings. The summed E-state index contributed by atoms with van der Waals surface area (Å²) in [6.07, 6.45) is 0.358. The largest absolute Gasteiger partial charge is 0.497 e. The molecule has 0 bridgehead atoms. The van der Waals surface area contributed by atoms with Gasteiger partial charge in [-0.1, -0.05) is 12.1 Å². The van der Waals surface area contributed by atoms with Gasteiger partial charge in [-0.05, 0) is 43.4 Å². The average molecular weight is 459 g/mol. The minimum Gasteiger partial charge on any atom is -0.497 e. The molecule has 1 saturated heterocycles. The van der Waals surface area contributed by atoms with E-state index in [4.69, 9.17) is 14.2 Å². The molecule has 1 aromatic carbocycles. The summed E-state index contributed by atoms with van der Waals surface area (Å²) in [6.45, 7) is 4.58. The first-order valence-electron chi connectivity index (χ1n) is 11.9. The molecule has 4 atom stereocenters. The number of ketones is 1. The number of carbonyl (C=O) groups excluding carboxylic acids is 2. The Bertz CT molecular complexity index is 944. The Morgan fingerprint density at radius 3 is 2.76 bits per heavy atom. The number of alkyl halides is 1. The van der Waals surface area contributed by atoms with E-state index in [0.717, 1.165) is 44.8 Å². The van der Waals surface area contributed by atoms with Crippen LogP contribution in [0.15, 0.2) is 35.6 Å². The Hall–Kier alpha value is -2.45. The van der Waals surface area contributed by atoms with Gasteiger partial charge in [0.15, 0.2) is 11.5 Å². The fourth-order valence-corrected chi connectivity index (χ4v) is 5.54. The van der Waals surface area contributed by atoms with E-state index in [1.807, 2.05) is 24.3 Å². The van der Waals surface area contributed by atoms with Crippen LogP contribution in [0.1, 0.15) is 37.3 Å². The second-order valence-electron chi connectivity index (χ2n) is 9.27. The highest BCUT2D eigenvalue weighted by Crippen LogP contribution is 2.47. The molecule has 5 rings (SSSR count). The molecule has 8 heteroatoms. The molecule has 4 unspecified atom stereocenters. The number of ether oxygens (including phenoxy) is 3. The van der Waals surface area contributed by atoms with Crippen molar-refractivity contribution in [1.29, 1.82) is 0 Å². The van der Waals surface area contributed by atoms with Gasteiger partial charge in [-0.2, -0.15) is 0 Å². The SMILES string of the molecule is COc1cccc(C2C3=C(OC4CCC(F)CC4C3=O)C(=O)N2CCCN2CCOCC2)c1. The predicted molar refractivity (Wildman–Crippen MR) is 118 cm³/mol. The first-order valence-corrected chi connectivity index (χ1v) is 11.9. The molecule has 0 N–H and O–H groups in total. The lowest BCUT2D eigenvalue weighted by molar-refractivity contribution is -0.136. The summed E-state index contributed by atoms with van der Waals surface area (Å²) in [5.74, 6) is -0.0836. The standard InChI is InChI=1S/C25H31FN2O5/c1-31-18-5-2-4-16(14-18)22-21-23(29)19-15-17(26)6-7-20(19)33-24(21)25(30)28(22)9-3-8-27-10-12-32-13-11-27/h2,4-5,14,17,19-20,22H,3,6-13,15H2,1H3. The fourth-order valence-electron chi connectivity index (χ4n) is 5.54. The quantitative estimate of drug-likeness (QED) is 0.653. The molecule has 1 aliphatic carbocycles. The van der Waals surface area contributed by atoms with Crippen LogP contribution in [0.25, 0.3) is 0 Å². The van der Waals surface area contributed by atoms with Crippen LogP contribution in [0.5, 0.6) is 5.75 Å². The van der Waals surface area contributed by atoms with Crippen molar-refractivity contribution >= 4 is 11.7 Å². The van der Waals surface area contributed by atoms with Gasteiger partial charge in [-0.25, -0.2) is 4.39 Å². The molecule has 178 valence electrons. The zero-order valence-electron chi connectivity index (χ0n) is 19.0. The number of amides is 1. The summed E-state index contributed by atoms with van der Waals surface area (Å²) in [6, 6.07) is 6.92. The lowest BCUT2D eigenvalue weighted by atomic mass is 9.77. The Kier molecular flexibility index (Phi) is 6.38. The number of Topliss-reactive ketones (excluding diaryl/α,β-unsaturated/α-hetero) is 1. The summed E-state index contributed by atoms with van der Waals surface area (Å²) >= 11 is 0. The zero-order chi connectivity index (χ0) is 22.9. The van der Waals surface area contributed by atoms with E-state index in [1.54, 1.807) is 12.0 Å². The fraction of sp³-hybridized carbons (Fsp3) is 0.600. The van der Waals surface area contributed by atoms with Crippen LogP contribution < -0.4 is 4.74 Å². The molecular formula is C25H31FN2O5. The third-order valence-electron chi connectivity index (χ3n) is 7.27. The third-order valence-corrected chi connectivity index (χ3v) is 7.27. The van der Waals surface area contributed by atoms with Gasteiger partial charge >= 0.3 is 0 Å². The highest BCUT2D eigenvalue weighted by Gasteiger charge is 2.52. The lowest BCUT2D eigenvalue weighted by Crippen LogP contribution is -2.42. The number of fused-ring (bicyclic) bond motifs is 1. The predicted octanol–water partition coefficient (Wildman–Crippen LogP) is 2.66. The number of nitrogens with zero attached hydrogens (tertiary/aromatic N) is 2. The molecule has 33 heavy (non-hydrogen) atoms. The van der Waals surface area contributed by atoms with Gasteiger partial charge in [0, 0.05) is 26.2 Å². The zero-order valence-corrected chi connectivity index (χ0v) is 19.0. The van der Waals surface area contributed by atoms with E-state index in [0.29, 0.717) is 30.7 Å². The van der Waals surface area contributed by atoms with Gasteiger partial charge in [0.2, 0.25) is 0 Å². The van der Waals surface area contributed by atoms with Crippen molar-refractivity contribution < 1.29 is 28.2 Å². The monoisotopic (exact) mass is 458 g/mol. The van der Waals surface area contributed by atoms with Gasteiger partial charge in [0.1, 0.15) is 18.0 Å². The van der Waals surface area contributed by atoms with Crippen LogP contribution in [0.2, 0.25) is 0 Å². The first kappa shape index (κ1) is 22.3. The highest BCUT2D eigenvalue weighted by atomic mass is 19.1. The lowest BCUT2D eigenvalue weighted by Gasteiger charge is -2.36. The Balaban J connectivity index is 1.43. The molecule has 1 amide bonds. The summed E-state index contributed by atoms with van der Waals surface area (Å²) in [5.41, 5.74) is 1.19. The van der Waals surface area contributed by atoms with Gasteiger partial charge in [-0.3, -0.25) is 14.5 Å². The molecule has 0 spiro atoms. The summed E-state index contributed by atoms with van der Waals surface area (Å²) in [7, 11) is 1.59. The van der Waals surface area contributed by atoms with Crippen molar-refractivity contribution in [3.05, 3.63) is 41.2 Å². The minimum absolute atomic E-state index is 0.138. The van der Waals surface area contributed by atoms with E-state index in [9.17, 15) is 14.0 Å². The van der Waals surface area contributed by atoms with E-state index in [2.05, 4.69) is 4.90 Å². The topological polar surface area (TPSA) is 68.3 Å². The third kappa shape index (κ3) is 4.26. The van der Waals surface area contributed by atoms with Crippen LogP contribution in [0, 0.1) is 5.92 Å². The number of halogens is 1. The van der Waals surface area contributed by atoms with Gasteiger partial charge < -0.3 is 19.1 Å². The van der Waals surface area contributed by atoms with Crippen molar-refractivity contribution in [2.75, 3.05) is 46.5 Å². The number of hydrogen-bond donors (Lipinski definition) is 0. The number of methoxy groups -OCH3 is 1. The number of benzene rings is 1. The van der Waals surface area contributed by atoms with E-state index in [1.165, 1.54) is 0 Å². The van der Waals surface area contributed by atoms with Crippen molar-refractivity contribution in [2.45, 2.75) is 44.0 Å². The number of hydrogen-bond acceptors (Lipinski definition) is 6. The van der Waals surface area contributed by atoms with Crippen molar-refractivity contribution in [1.82, 2.24) is 9.80 Å². The maximum Gasteiger partial charge on any atom is 0.290 e. The van der Waals surface area contributed by atoms with Gasteiger partial charge in [0.05, 0.1) is 37.9 Å². The normalized spacial score (nSPS) is 30.2. The highest BCUT2D eigenvalue weighted by molar-refractivity contribution is 6.11. The van der Waals surface area contributed by atoms with Crippen molar-refractivity contribution in [3.63, 3.8) is 0 Å². The van der Waals surface area contributed by atoms with E-state index in [-0.39, 0.29) is 23.9 Å². The summed E-state index contributed by atoms with van der Waals surface area (Å²) < 4.78 is 31.1. The molecule has 0 aromatic heterocycles. The summed E-state index contributed by atoms with van der Waals surface area (Å²) in [5, 5.41) is 0. The average Bonchev–Trinajstić information content (AvgIpc) is 3.12. The molecule has 1 aromatic rings. The molecule has 4 aliphatic rings. The Morgan fingerprint density at radius 2 is 1.97 bits per heavy atom. The van der Waals surface area contributed by atoms with Crippen LogP contribution in [-0.2, 0) is 19.1 Å². The second-order valence-corrected chi connectivity index (χ2v) is 9.27. The van der Waals surface area contributed by atoms with Gasteiger partial charge in [-0.15, -0.1) is 0 Å².